The lowest BCUT2D eigenvalue weighted by Gasteiger charge is -2.25. The summed E-state index contributed by atoms with van der Waals surface area (Å²) in [4.78, 5) is 35.9. The van der Waals surface area contributed by atoms with Crippen LogP contribution in [-0.2, 0) is 25.5 Å². The van der Waals surface area contributed by atoms with Crippen molar-refractivity contribution in [3.63, 3.8) is 0 Å². The number of amides is 2. The molecule has 0 saturated heterocycles. The van der Waals surface area contributed by atoms with Gasteiger partial charge in [0.2, 0.25) is 11.8 Å². The molecule has 2 amide bonds. The molecular weight excluding hydrogens is 327 g/mol. The van der Waals surface area contributed by atoms with Gasteiger partial charge in [-0.25, -0.2) is 9.18 Å². The first-order valence-electron chi connectivity index (χ1n) is 8.18. The Balaban J connectivity index is 2.97. The minimum Gasteiger partial charge on any atom is -0.467 e. The zero-order valence-electron chi connectivity index (χ0n) is 15.0. The van der Waals surface area contributed by atoms with Crippen LogP contribution in [0.2, 0.25) is 0 Å². The highest BCUT2D eigenvalue weighted by molar-refractivity contribution is 5.90. The number of hydrogen-bond acceptors (Lipinski definition) is 4. The first-order chi connectivity index (χ1) is 11.8. The molecule has 2 N–H and O–H groups in total. The smallest absolute Gasteiger partial charge is 0.328 e. The molecule has 1 aromatic carbocycles. The Hall–Kier alpha value is -2.44. The molecule has 25 heavy (non-hydrogen) atoms. The van der Waals surface area contributed by atoms with Crippen LogP contribution in [0.1, 0.15) is 32.8 Å². The highest BCUT2D eigenvalue weighted by atomic mass is 19.1. The summed E-state index contributed by atoms with van der Waals surface area (Å²) in [6.07, 6.45) is 0.630. The lowest BCUT2D eigenvalue weighted by Crippen LogP contribution is -2.54. The molecule has 0 bridgehead atoms. The molecule has 7 heteroatoms. The Bertz CT molecular complexity index is 621. The van der Waals surface area contributed by atoms with Crippen LogP contribution in [0, 0.1) is 11.7 Å². The minimum absolute atomic E-state index is 0.0213. The van der Waals surface area contributed by atoms with E-state index in [9.17, 15) is 18.8 Å². The third-order valence-corrected chi connectivity index (χ3v) is 4.04. The van der Waals surface area contributed by atoms with Gasteiger partial charge in [0, 0.05) is 13.3 Å². The maximum Gasteiger partial charge on any atom is 0.328 e. The van der Waals surface area contributed by atoms with E-state index in [1.54, 1.807) is 18.2 Å². The average molecular weight is 352 g/mol. The summed E-state index contributed by atoms with van der Waals surface area (Å²) in [5.74, 6) is -2.15. The van der Waals surface area contributed by atoms with Crippen LogP contribution in [0.4, 0.5) is 4.39 Å². The molecule has 0 aromatic heterocycles. The average Bonchev–Trinajstić information content (AvgIpc) is 2.58. The second kappa shape index (κ2) is 9.76. The lowest BCUT2D eigenvalue weighted by atomic mass is 9.98. The normalized spacial score (nSPS) is 14.1. The molecule has 6 nitrogen and oxygen atoms in total. The fraction of sp³-hybridized carbons (Fsp3) is 0.500. The van der Waals surface area contributed by atoms with E-state index in [1.807, 2.05) is 13.8 Å². The predicted octanol–water partition coefficient (Wildman–Crippen LogP) is 1.58. The predicted molar refractivity (Wildman–Crippen MR) is 91.1 cm³/mol. The van der Waals surface area contributed by atoms with Gasteiger partial charge in [-0.3, -0.25) is 9.59 Å². The Kier molecular flexibility index (Phi) is 8.04. The first kappa shape index (κ1) is 20.6. The molecular formula is C18H25FN2O4. The molecule has 0 fully saturated rings. The fourth-order valence-electron chi connectivity index (χ4n) is 2.39. The second-order valence-electron chi connectivity index (χ2n) is 5.94. The van der Waals surface area contributed by atoms with Crippen molar-refractivity contribution in [1.29, 1.82) is 0 Å². The van der Waals surface area contributed by atoms with Crippen LogP contribution >= 0.6 is 0 Å². The topological polar surface area (TPSA) is 84.5 Å². The molecule has 0 radical (unpaired) electrons. The largest absolute Gasteiger partial charge is 0.467 e. The third kappa shape index (κ3) is 6.17. The Labute approximate surface area is 147 Å². The molecule has 1 aromatic rings. The number of rotatable bonds is 8. The fourth-order valence-corrected chi connectivity index (χ4v) is 2.39. The third-order valence-electron chi connectivity index (χ3n) is 4.04. The van der Waals surface area contributed by atoms with Crippen molar-refractivity contribution >= 4 is 17.8 Å². The van der Waals surface area contributed by atoms with Crippen molar-refractivity contribution < 1.29 is 23.5 Å². The number of ether oxygens (including phenoxy) is 1. The summed E-state index contributed by atoms with van der Waals surface area (Å²) in [5, 5.41) is 5.12. The van der Waals surface area contributed by atoms with Crippen molar-refractivity contribution in [2.24, 2.45) is 5.92 Å². The number of nitrogens with one attached hydrogen (secondary N) is 2. The second-order valence-corrected chi connectivity index (χ2v) is 5.94. The van der Waals surface area contributed by atoms with Crippen LogP contribution in [-0.4, -0.2) is 37.0 Å². The lowest BCUT2D eigenvalue weighted by molar-refractivity contribution is -0.146. The Morgan fingerprint density at radius 1 is 1.20 bits per heavy atom. The van der Waals surface area contributed by atoms with Crippen molar-refractivity contribution in [3.05, 3.63) is 35.6 Å². The number of carbonyl (C=O) groups is 3. The zero-order chi connectivity index (χ0) is 19.0. The summed E-state index contributed by atoms with van der Waals surface area (Å²) >= 11 is 0. The van der Waals surface area contributed by atoms with E-state index < -0.39 is 35.7 Å². The number of halogens is 1. The molecule has 0 aliphatic carbocycles. The van der Waals surface area contributed by atoms with Gasteiger partial charge in [0.25, 0.3) is 0 Å². The van der Waals surface area contributed by atoms with Crippen molar-refractivity contribution in [1.82, 2.24) is 10.6 Å². The summed E-state index contributed by atoms with van der Waals surface area (Å²) in [7, 11) is 1.24. The zero-order valence-corrected chi connectivity index (χ0v) is 15.0. The van der Waals surface area contributed by atoms with Crippen molar-refractivity contribution in [2.75, 3.05) is 7.11 Å². The van der Waals surface area contributed by atoms with Gasteiger partial charge >= 0.3 is 5.97 Å². The molecule has 0 aliphatic heterocycles. The van der Waals surface area contributed by atoms with Gasteiger partial charge in [0.15, 0.2) is 0 Å². The van der Waals surface area contributed by atoms with Crippen LogP contribution in [0.25, 0.3) is 0 Å². The van der Waals surface area contributed by atoms with Crippen molar-refractivity contribution in [2.45, 2.75) is 45.7 Å². The highest BCUT2D eigenvalue weighted by Gasteiger charge is 2.30. The standard InChI is InChI=1S/C18H25FN2O4/c1-5-11(2)16(18(24)25-4)21-17(23)15(20-12(3)22)10-13-8-6-7-9-14(13)19/h6-9,11,15-16H,5,10H2,1-4H3,(H,20,22)(H,21,23)/t11-,15-,16-/m0/s1. The summed E-state index contributed by atoms with van der Waals surface area (Å²) < 4.78 is 18.6. The maximum atomic E-state index is 13.9. The molecule has 0 heterocycles. The Morgan fingerprint density at radius 2 is 1.84 bits per heavy atom. The van der Waals surface area contributed by atoms with E-state index in [0.29, 0.717) is 12.0 Å². The molecule has 138 valence electrons. The van der Waals surface area contributed by atoms with Crippen LogP contribution < -0.4 is 10.6 Å². The van der Waals surface area contributed by atoms with Gasteiger partial charge in [0.1, 0.15) is 17.9 Å². The maximum absolute atomic E-state index is 13.9. The number of carbonyl (C=O) groups excluding carboxylic acids is 3. The summed E-state index contributed by atoms with van der Waals surface area (Å²) in [6, 6.07) is 4.20. The van der Waals surface area contributed by atoms with Crippen LogP contribution in [0.15, 0.2) is 24.3 Å². The van der Waals surface area contributed by atoms with E-state index in [1.165, 1.54) is 20.1 Å². The quantitative estimate of drug-likeness (QED) is 0.696. The molecule has 1 rings (SSSR count). The van der Waals surface area contributed by atoms with Crippen LogP contribution in [0.3, 0.4) is 0 Å². The van der Waals surface area contributed by atoms with E-state index in [-0.39, 0.29) is 12.3 Å². The van der Waals surface area contributed by atoms with Gasteiger partial charge in [-0.1, -0.05) is 38.5 Å². The number of benzene rings is 1. The van der Waals surface area contributed by atoms with Gasteiger partial charge in [-0.2, -0.15) is 0 Å². The van der Waals surface area contributed by atoms with Crippen molar-refractivity contribution in [3.8, 4) is 0 Å². The molecule has 0 unspecified atom stereocenters. The van der Waals surface area contributed by atoms with Gasteiger partial charge in [0.05, 0.1) is 7.11 Å². The SMILES string of the molecule is CC[C@H](C)[C@H](NC(=O)[C@H](Cc1ccccc1F)NC(C)=O)C(=O)OC. The monoisotopic (exact) mass is 352 g/mol. The van der Waals surface area contributed by atoms with Crippen LogP contribution in [0.5, 0.6) is 0 Å². The molecule has 0 aliphatic rings. The van der Waals surface area contributed by atoms with E-state index in [4.69, 9.17) is 4.74 Å². The first-order valence-corrected chi connectivity index (χ1v) is 8.18. The van der Waals surface area contributed by atoms with Gasteiger partial charge < -0.3 is 15.4 Å². The minimum atomic E-state index is -0.995. The summed E-state index contributed by atoms with van der Waals surface area (Å²) in [6.45, 7) is 4.97. The molecule has 0 saturated carbocycles. The highest BCUT2D eigenvalue weighted by Crippen LogP contribution is 2.12. The number of hydrogen-bond donors (Lipinski definition) is 2. The summed E-state index contributed by atoms with van der Waals surface area (Å²) in [5.41, 5.74) is 0.301. The van der Waals surface area contributed by atoms with Gasteiger partial charge in [-0.15, -0.1) is 0 Å². The van der Waals surface area contributed by atoms with E-state index in [2.05, 4.69) is 10.6 Å². The Morgan fingerprint density at radius 3 is 2.36 bits per heavy atom. The molecule has 3 atom stereocenters. The number of methoxy groups -OCH3 is 1. The van der Waals surface area contributed by atoms with E-state index in [0.717, 1.165) is 0 Å². The van der Waals surface area contributed by atoms with E-state index >= 15 is 0 Å². The number of esters is 1. The van der Waals surface area contributed by atoms with Gasteiger partial charge in [-0.05, 0) is 17.5 Å². The molecule has 0 spiro atoms.